The van der Waals surface area contributed by atoms with Crippen molar-refractivity contribution < 1.29 is 19.4 Å². The van der Waals surface area contributed by atoms with E-state index in [0.29, 0.717) is 30.6 Å². The van der Waals surface area contributed by atoms with Crippen molar-refractivity contribution in [2.75, 3.05) is 44.2 Å². The van der Waals surface area contributed by atoms with Crippen molar-refractivity contribution >= 4 is 17.5 Å². The number of benzene rings is 2. The highest BCUT2D eigenvalue weighted by Crippen LogP contribution is 2.36. The summed E-state index contributed by atoms with van der Waals surface area (Å²) in [6.45, 7) is 6.82. The first-order valence-corrected chi connectivity index (χ1v) is 12.9. The predicted octanol–water partition coefficient (Wildman–Crippen LogP) is 3.70. The van der Waals surface area contributed by atoms with Gasteiger partial charge < -0.3 is 14.7 Å². The number of ether oxygens (including phenoxy) is 1. The Balaban J connectivity index is 1.28. The van der Waals surface area contributed by atoms with E-state index in [4.69, 9.17) is 4.74 Å². The van der Waals surface area contributed by atoms with Gasteiger partial charge in [0.15, 0.2) is 0 Å². The number of nitrogens with zero attached hydrogens (tertiary/aromatic N) is 3. The van der Waals surface area contributed by atoms with Crippen molar-refractivity contribution in [3.05, 3.63) is 59.2 Å². The minimum absolute atomic E-state index is 0.0891. The maximum absolute atomic E-state index is 13.4. The van der Waals surface area contributed by atoms with E-state index in [2.05, 4.69) is 15.9 Å². The average Bonchev–Trinajstić information content (AvgIpc) is 3.11. The van der Waals surface area contributed by atoms with Crippen molar-refractivity contribution in [2.24, 2.45) is 0 Å². The van der Waals surface area contributed by atoms with Gasteiger partial charge in [-0.25, -0.2) is 0 Å². The van der Waals surface area contributed by atoms with Gasteiger partial charge in [0.2, 0.25) is 0 Å². The number of carbonyl (C=O) groups is 2. The molecule has 5 rings (SSSR count). The second-order valence-electron chi connectivity index (χ2n) is 9.99. The summed E-state index contributed by atoms with van der Waals surface area (Å²) in [5.41, 5.74) is 2.00. The maximum Gasteiger partial charge on any atom is 0.263 e. The summed E-state index contributed by atoms with van der Waals surface area (Å²) in [5.74, 6) is 0.381. The molecule has 2 aromatic carbocycles. The van der Waals surface area contributed by atoms with Crippen LogP contribution in [0.1, 0.15) is 65.3 Å². The Morgan fingerprint density at radius 2 is 1.66 bits per heavy atom. The Bertz CT molecular complexity index is 1090. The molecule has 1 N–H and O–H groups in total. The van der Waals surface area contributed by atoms with Crippen molar-refractivity contribution in [2.45, 2.75) is 51.2 Å². The molecule has 7 nitrogen and oxygen atoms in total. The molecule has 2 aliphatic heterocycles. The van der Waals surface area contributed by atoms with Gasteiger partial charge in [-0.3, -0.25) is 19.4 Å². The van der Waals surface area contributed by atoms with Crippen LogP contribution in [0.2, 0.25) is 0 Å². The molecular weight excluding hydrogens is 442 g/mol. The standard InChI is InChI=1S/C28H35N3O4/c1-2-35-24-12-5-4-9-21(24)19-29-15-17-30(18-16-29)23-11-8-10-22-25(23)27(33)31(26(22)32)20-28(34)13-6-3-7-14-28/h4-5,8-12,34H,2-3,6-7,13-20H2,1H3. The third kappa shape index (κ3) is 4.80. The molecule has 0 spiro atoms. The summed E-state index contributed by atoms with van der Waals surface area (Å²) in [6, 6.07) is 13.7. The van der Waals surface area contributed by atoms with Crippen LogP contribution >= 0.6 is 0 Å². The third-order valence-corrected chi connectivity index (χ3v) is 7.59. The quantitative estimate of drug-likeness (QED) is 0.613. The first-order chi connectivity index (χ1) is 17.0. The van der Waals surface area contributed by atoms with Gasteiger partial charge in [0.25, 0.3) is 11.8 Å². The molecule has 7 heteroatoms. The molecule has 0 radical (unpaired) electrons. The topological polar surface area (TPSA) is 73.3 Å². The summed E-state index contributed by atoms with van der Waals surface area (Å²) in [7, 11) is 0. The molecule has 0 bridgehead atoms. The van der Waals surface area contributed by atoms with E-state index in [1.165, 1.54) is 10.5 Å². The van der Waals surface area contributed by atoms with Gasteiger partial charge >= 0.3 is 0 Å². The highest BCUT2D eigenvalue weighted by Gasteiger charge is 2.43. The lowest BCUT2D eigenvalue weighted by Crippen LogP contribution is -2.47. The van der Waals surface area contributed by atoms with Gasteiger partial charge in [-0.1, -0.05) is 43.5 Å². The van der Waals surface area contributed by atoms with Crippen LogP contribution in [0.5, 0.6) is 5.75 Å². The lowest BCUT2D eigenvalue weighted by Gasteiger charge is -2.37. The molecule has 3 aliphatic rings. The molecule has 1 saturated carbocycles. The van der Waals surface area contributed by atoms with Crippen LogP contribution in [0.25, 0.3) is 0 Å². The number of hydrogen-bond acceptors (Lipinski definition) is 6. The molecule has 0 unspecified atom stereocenters. The number of β-amino-alcohol motifs (C(OH)–C–C–N with tert-alkyl or cyclic N) is 1. The number of rotatable bonds is 7. The molecular formula is C28H35N3O4. The molecule has 0 atom stereocenters. The Morgan fingerprint density at radius 3 is 2.40 bits per heavy atom. The fraction of sp³-hybridized carbons (Fsp3) is 0.500. The number of imide groups is 1. The smallest absolute Gasteiger partial charge is 0.263 e. The largest absolute Gasteiger partial charge is 0.494 e. The summed E-state index contributed by atoms with van der Waals surface area (Å²) in [6.07, 6.45) is 4.25. The molecule has 0 aromatic heterocycles. The zero-order valence-electron chi connectivity index (χ0n) is 20.5. The molecule has 1 aliphatic carbocycles. The van der Waals surface area contributed by atoms with E-state index in [9.17, 15) is 14.7 Å². The zero-order valence-corrected chi connectivity index (χ0v) is 20.5. The summed E-state index contributed by atoms with van der Waals surface area (Å²) < 4.78 is 5.78. The Kier molecular flexibility index (Phi) is 6.80. The molecule has 35 heavy (non-hydrogen) atoms. The highest BCUT2D eigenvalue weighted by atomic mass is 16.5. The van der Waals surface area contributed by atoms with Crippen LogP contribution in [0, 0.1) is 0 Å². The van der Waals surface area contributed by atoms with E-state index in [1.54, 1.807) is 6.07 Å². The normalized spacial score (nSPS) is 20.3. The third-order valence-electron chi connectivity index (χ3n) is 7.59. The average molecular weight is 478 g/mol. The Hall–Kier alpha value is -2.90. The van der Waals surface area contributed by atoms with Gasteiger partial charge in [-0.05, 0) is 38.0 Å². The van der Waals surface area contributed by atoms with Crippen LogP contribution in [-0.4, -0.2) is 71.7 Å². The Labute approximate surface area is 207 Å². The number of hydrogen-bond donors (Lipinski definition) is 1. The lowest BCUT2D eigenvalue weighted by molar-refractivity contribution is -0.0177. The van der Waals surface area contributed by atoms with Crippen molar-refractivity contribution in [3.8, 4) is 5.75 Å². The Morgan fingerprint density at radius 1 is 0.914 bits per heavy atom. The summed E-state index contributed by atoms with van der Waals surface area (Å²) >= 11 is 0. The van der Waals surface area contributed by atoms with E-state index >= 15 is 0 Å². The van der Waals surface area contributed by atoms with Gasteiger partial charge in [0.05, 0.1) is 35.6 Å². The fourth-order valence-corrected chi connectivity index (χ4v) is 5.70. The van der Waals surface area contributed by atoms with Crippen molar-refractivity contribution in [1.82, 2.24) is 9.80 Å². The number of fused-ring (bicyclic) bond motifs is 1. The molecule has 2 amide bonds. The number of aliphatic hydroxyl groups is 1. The van der Waals surface area contributed by atoms with Gasteiger partial charge in [0.1, 0.15) is 5.75 Å². The number of anilines is 1. The van der Waals surface area contributed by atoms with E-state index in [0.717, 1.165) is 63.4 Å². The predicted molar refractivity (Wildman–Crippen MR) is 135 cm³/mol. The minimum atomic E-state index is -0.963. The second kappa shape index (κ2) is 9.99. The van der Waals surface area contributed by atoms with Gasteiger partial charge in [-0.15, -0.1) is 0 Å². The number of para-hydroxylation sites is 1. The molecule has 2 heterocycles. The minimum Gasteiger partial charge on any atom is -0.494 e. The van der Waals surface area contributed by atoms with E-state index in [-0.39, 0.29) is 18.4 Å². The second-order valence-corrected chi connectivity index (χ2v) is 9.99. The van der Waals surface area contributed by atoms with Crippen molar-refractivity contribution in [1.29, 1.82) is 0 Å². The van der Waals surface area contributed by atoms with Crippen LogP contribution < -0.4 is 9.64 Å². The SMILES string of the molecule is CCOc1ccccc1CN1CCN(c2cccc3c2C(=O)N(CC2(O)CCCCC2)C3=O)CC1. The van der Waals surface area contributed by atoms with E-state index in [1.807, 2.05) is 37.3 Å². The highest BCUT2D eigenvalue weighted by molar-refractivity contribution is 6.23. The first kappa shape index (κ1) is 23.8. The van der Waals surface area contributed by atoms with Crippen molar-refractivity contribution in [3.63, 3.8) is 0 Å². The zero-order chi connectivity index (χ0) is 24.4. The van der Waals surface area contributed by atoms with Gasteiger partial charge in [-0.2, -0.15) is 0 Å². The molecule has 2 aromatic rings. The van der Waals surface area contributed by atoms with E-state index < -0.39 is 5.60 Å². The molecule has 186 valence electrons. The number of carbonyl (C=O) groups excluding carboxylic acids is 2. The number of piperazine rings is 1. The molecule has 1 saturated heterocycles. The molecule has 2 fully saturated rings. The first-order valence-electron chi connectivity index (χ1n) is 12.9. The number of amides is 2. The monoisotopic (exact) mass is 477 g/mol. The van der Waals surface area contributed by atoms with Gasteiger partial charge in [0, 0.05) is 38.3 Å². The van der Waals surface area contributed by atoms with Crippen LogP contribution in [0.4, 0.5) is 5.69 Å². The van der Waals surface area contributed by atoms with Crippen LogP contribution in [-0.2, 0) is 6.54 Å². The van der Waals surface area contributed by atoms with Crippen LogP contribution in [0.3, 0.4) is 0 Å². The maximum atomic E-state index is 13.4. The van der Waals surface area contributed by atoms with Crippen LogP contribution in [0.15, 0.2) is 42.5 Å². The summed E-state index contributed by atoms with van der Waals surface area (Å²) in [5, 5.41) is 11.0. The fourth-order valence-electron chi connectivity index (χ4n) is 5.70. The lowest BCUT2D eigenvalue weighted by atomic mass is 9.84. The summed E-state index contributed by atoms with van der Waals surface area (Å²) in [4.78, 5) is 32.5.